The normalized spacial score (nSPS) is 14.0. The van der Waals surface area contributed by atoms with E-state index in [9.17, 15) is 9.59 Å². The Balaban J connectivity index is 1.65. The van der Waals surface area contributed by atoms with Gasteiger partial charge in [-0.25, -0.2) is 14.6 Å². The monoisotopic (exact) mass is 394 g/mol. The molecular weight excluding hydrogens is 368 g/mol. The van der Waals surface area contributed by atoms with Crippen LogP contribution < -0.4 is 10.6 Å². The van der Waals surface area contributed by atoms with Gasteiger partial charge in [0.05, 0.1) is 12.2 Å². The van der Waals surface area contributed by atoms with Crippen LogP contribution in [0.1, 0.15) is 32.9 Å². The number of benzene rings is 1. The van der Waals surface area contributed by atoms with Crippen molar-refractivity contribution in [2.75, 3.05) is 23.7 Å². The first kappa shape index (κ1) is 20.4. The van der Waals surface area contributed by atoms with E-state index in [1.54, 1.807) is 11.0 Å². The van der Waals surface area contributed by atoms with Crippen molar-refractivity contribution < 1.29 is 14.3 Å². The van der Waals surface area contributed by atoms with E-state index >= 15 is 0 Å². The van der Waals surface area contributed by atoms with Crippen LogP contribution >= 0.6 is 0 Å². The molecule has 2 aromatic rings. The van der Waals surface area contributed by atoms with E-state index in [2.05, 4.69) is 21.7 Å². The molecule has 0 fully saturated rings. The third-order valence-corrected chi connectivity index (χ3v) is 4.15. The Kier molecular flexibility index (Phi) is 6.16. The SMILES string of the molecule is CC(C)(C)OC(=O)N1CCC=C(c2cccc(NC(=O)Nc3ccccc3)n2)C1. The van der Waals surface area contributed by atoms with Crippen LogP contribution in [0.2, 0.25) is 0 Å². The number of pyridine rings is 1. The number of para-hydroxylation sites is 1. The first-order valence-electron chi connectivity index (χ1n) is 9.57. The molecule has 0 aliphatic carbocycles. The lowest BCUT2D eigenvalue weighted by molar-refractivity contribution is 0.0273. The summed E-state index contributed by atoms with van der Waals surface area (Å²) >= 11 is 0. The molecule has 0 saturated heterocycles. The summed E-state index contributed by atoms with van der Waals surface area (Å²) in [5.41, 5.74) is 1.81. The van der Waals surface area contributed by atoms with Gasteiger partial charge in [0.2, 0.25) is 0 Å². The molecule has 0 atom stereocenters. The second-order valence-electron chi connectivity index (χ2n) is 7.77. The highest BCUT2D eigenvalue weighted by molar-refractivity contribution is 5.99. The molecule has 0 spiro atoms. The van der Waals surface area contributed by atoms with Crippen LogP contribution in [0.25, 0.3) is 5.57 Å². The topological polar surface area (TPSA) is 83.6 Å². The molecule has 7 nitrogen and oxygen atoms in total. The lowest BCUT2D eigenvalue weighted by Gasteiger charge is -2.30. The molecular formula is C22H26N4O3. The fourth-order valence-corrected chi connectivity index (χ4v) is 2.90. The third kappa shape index (κ3) is 6.07. The highest BCUT2D eigenvalue weighted by Crippen LogP contribution is 2.22. The van der Waals surface area contributed by atoms with Crippen LogP contribution in [0.15, 0.2) is 54.6 Å². The van der Waals surface area contributed by atoms with E-state index < -0.39 is 5.60 Å². The predicted molar refractivity (Wildman–Crippen MR) is 114 cm³/mol. The largest absolute Gasteiger partial charge is 0.444 e. The number of anilines is 2. The fourth-order valence-electron chi connectivity index (χ4n) is 2.90. The maximum Gasteiger partial charge on any atom is 0.410 e. The molecule has 0 bridgehead atoms. The number of nitrogens with zero attached hydrogens (tertiary/aromatic N) is 2. The molecule has 0 unspecified atom stereocenters. The lowest BCUT2D eigenvalue weighted by Crippen LogP contribution is -2.39. The molecule has 1 aromatic heterocycles. The van der Waals surface area contributed by atoms with Gasteiger partial charge in [-0.2, -0.15) is 0 Å². The minimum Gasteiger partial charge on any atom is -0.444 e. The number of amides is 3. The van der Waals surface area contributed by atoms with Crippen molar-refractivity contribution in [1.29, 1.82) is 0 Å². The Morgan fingerprint density at radius 1 is 1.03 bits per heavy atom. The Bertz CT molecular complexity index is 904. The molecule has 3 rings (SSSR count). The Morgan fingerprint density at radius 2 is 1.79 bits per heavy atom. The standard InChI is InChI=1S/C22H26N4O3/c1-22(2,3)29-21(28)26-14-8-9-16(15-26)18-12-7-13-19(24-18)25-20(27)23-17-10-5-4-6-11-17/h4-7,9-13H,8,14-15H2,1-3H3,(H2,23,24,25,27). The molecule has 1 aliphatic rings. The maximum atomic E-state index is 12.4. The highest BCUT2D eigenvalue weighted by Gasteiger charge is 2.25. The summed E-state index contributed by atoms with van der Waals surface area (Å²) in [5, 5.41) is 5.50. The van der Waals surface area contributed by atoms with Gasteiger partial charge in [0.25, 0.3) is 0 Å². The quantitative estimate of drug-likeness (QED) is 0.787. The van der Waals surface area contributed by atoms with Gasteiger partial charge in [0, 0.05) is 12.2 Å². The van der Waals surface area contributed by atoms with Gasteiger partial charge < -0.3 is 15.0 Å². The summed E-state index contributed by atoms with van der Waals surface area (Å²) in [6.07, 6.45) is 2.46. The smallest absolute Gasteiger partial charge is 0.410 e. The van der Waals surface area contributed by atoms with Gasteiger partial charge in [-0.1, -0.05) is 30.3 Å². The predicted octanol–water partition coefficient (Wildman–Crippen LogP) is 4.75. The van der Waals surface area contributed by atoms with Crippen molar-refractivity contribution >= 4 is 29.2 Å². The second-order valence-corrected chi connectivity index (χ2v) is 7.77. The van der Waals surface area contributed by atoms with Crippen LogP contribution in [0.5, 0.6) is 0 Å². The molecule has 152 valence electrons. The summed E-state index contributed by atoms with van der Waals surface area (Å²) in [5.74, 6) is 0.436. The Hall–Kier alpha value is -3.35. The molecule has 1 aliphatic heterocycles. The molecule has 0 radical (unpaired) electrons. The van der Waals surface area contributed by atoms with E-state index in [1.807, 2.05) is 63.2 Å². The van der Waals surface area contributed by atoms with Gasteiger partial charge in [-0.15, -0.1) is 0 Å². The fraction of sp³-hybridized carbons (Fsp3) is 0.318. The number of carbonyl (C=O) groups is 2. The lowest BCUT2D eigenvalue weighted by atomic mass is 10.1. The molecule has 3 amide bonds. The van der Waals surface area contributed by atoms with Crippen molar-refractivity contribution in [1.82, 2.24) is 9.88 Å². The average molecular weight is 394 g/mol. The van der Waals surface area contributed by atoms with Crippen LogP contribution in [0.4, 0.5) is 21.1 Å². The molecule has 0 saturated carbocycles. The maximum absolute atomic E-state index is 12.4. The number of urea groups is 1. The van der Waals surface area contributed by atoms with Crippen molar-refractivity contribution in [3.05, 3.63) is 60.3 Å². The van der Waals surface area contributed by atoms with Crippen LogP contribution in [-0.4, -0.2) is 40.7 Å². The number of rotatable bonds is 3. The zero-order valence-electron chi connectivity index (χ0n) is 16.9. The van der Waals surface area contributed by atoms with Gasteiger partial charge >= 0.3 is 12.1 Å². The molecule has 1 aromatic carbocycles. The zero-order valence-corrected chi connectivity index (χ0v) is 16.9. The summed E-state index contributed by atoms with van der Waals surface area (Å²) in [4.78, 5) is 30.8. The van der Waals surface area contributed by atoms with Crippen LogP contribution in [-0.2, 0) is 4.74 Å². The third-order valence-electron chi connectivity index (χ3n) is 4.15. The Labute approximate surface area is 170 Å². The van der Waals surface area contributed by atoms with Gasteiger partial charge in [0.15, 0.2) is 0 Å². The van der Waals surface area contributed by atoms with Crippen LogP contribution in [0, 0.1) is 0 Å². The molecule has 7 heteroatoms. The number of ether oxygens (including phenoxy) is 1. The van der Waals surface area contributed by atoms with E-state index in [-0.39, 0.29) is 12.1 Å². The van der Waals surface area contributed by atoms with Gasteiger partial charge in [-0.3, -0.25) is 5.32 Å². The Morgan fingerprint density at radius 3 is 2.52 bits per heavy atom. The van der Waals surface area contributed by atoms with Gasteiger partial charge in [0.1, 0.15) is 11.4 Å². The van der Waals surface area contributed by atoms with E-state index in [4.69, 9.17) is 4.74 Å². The summed E-state index contributed by atoms with van der Waals surface area (Å²) in [7, 11) is 0. The van der Waals surface area contributed by atoms with Crippen molar-refractivity contribution in [2.45, 2.75) is 32.8 Å². The minimum atomic E-state index is -0.535. The number of nitrogens with one attached hydrogen (secondary N) is 2. The molecule has 2 heterocycles. The average Bonchev–Trinajstić information content (AvgIpc) is 2.68. The van der Waals surface area contributed by atoms with E-state index in [0.29, 0.717) is 24.6 Å². The van der Waals surface area contributed by atoms with Crippen LogP contribution in [0.3, 0.4) is 0 Å². The summed E-state index contributed by atoms with van der Waals surface area (Å²) in [6, 6.07) is 14.2. The van der Waals surface area contributed by atoms with E-state index in [1.165, 1.54) is 0 Å². The van der Waals surface area contributed by atoms with Gasteiger partial charge in [-0.05, 0) is 57.0 Å². The number of carbonyl (C=O) groups excluding carboxylic acids is 2. The number of hydrogen-bond acceptors (Lipinski definition) is 4. The highest BCUT2D eigenvalue weighted by atomic mass is 16.6. The first-order valence-corrected chi connectivity index (χ1v) is 9.57. The molecule has 29 heavy (non-hydrogen) atoms. The van der Waals surface area contributed by atoms with Crippen molar-refractivity contribution in [2.24, 2.45) is 0 Å². The summed E-state index contributed by atoms with van der Waals surface area (Å²) < 4.78 is 5.47. The zero-order chi connectivity index (χ0) is 20.9. The minimum absolute atomic E-state index is 0.334. The van der Waals surface area contributed by atoms with E-state index in [0.717, 1.165) is 17.7 Å². The first-order chi connectivity index (χ1) is 13.8. The summed E-state index contributed by atoms with van der Waals surface area (Å²) in [6.45, 7) is 6.58. The number of aromatic nitrogens is 1. The number of hydrogen-bond donors (Lipinski definition) is 2. The second kappa shape index (κ2) is 8.77. The van der Waals surface area contributed by atoms with Crippen molar-refractivity contribution in [3.63, 3.8) is 0 Å². The van der Waals surface area contributed by atoms with Crippen molar-refractivity contribution in [3.8, 4) is 0 Å². The molecule has 2 N–H and O–H groups in total.